The monoisotopic (exact) mass is 207 g/mol. The molecule has 0 saturated carbocycles. The zero-order valence-corrected chi connectivity index (χ0v) is 9.41. The standard InChI is InChI=1S/C12H17NO2/c1-8-9-5-4-6-10(14-2)12(9)11(15-3)7-13-8/h4-6,8,11,13H,7H2,1-3H3/t8-,11?/m1/s1. The number of rotatable bonds is 2. The Labute approximate surface area is 90.4 Å². The van der Waals surface area contributed by atoms with E-state index in [0.29, 0.717) is 6.04 Å². The highest BCUT2D eigenvalue weighted by Crippen LogP contribution is 2.36. The first kappa shape index (κ1) is 10.5. The van der Waals surface area contributed by atoms with Crippen LogP contribution in [-0.2, 0) is 4.74 Å². The molecule has 0 spiro atoms. The van der Waals surface area contributed by atoms with E-state index in [1.54, 1.807) is 14.2 Å². The number of benzene rings is 1. The van der Waals surface area contributed by atoms with Crippen LogP contribution in [0.5, 0.6) is 5.75 Å². The highest BCUT2D eigenvalue weighted by Gasteiger charge is 2.26. The van der Waals surface area contributed by atoms with E-state index in [4.69, 9.17) is 9.47 Å². The zero-order valence-electron chi connectivity index (χ0n) is 9.41. The normalized spacial score (nSPS) is 24.7. The summed E-state index contributed by atoms with van der Waals surface area (Å²) in [6.45, 7) is 3.00. The van der Waals surface area contributed by atoms with E-state index in [1.807, 2.05) is 12.1 Å². The minimum absolute atomic E-state index is 0.0901. The molecule has 1 aromatic rings. The first-order chi connectivity index (χ1) is 7.27. The molecule has 3 heteroatoms. The lowest BCUT2D eigenvalue weighted by Gasteiger charge is -2.31. The maximum absolute atomic E-state index is 5.47. The number of hydrogen-bond acceptors (Lipinski definition) is 3. The Hall–Kier alpha value is -1.06. The molecule has 3 nitrogen and oxygen atoms in total. The molecule has 0 saturated heterocycles. The Kier molecular flexibility index (Phi) is 2.93. The van der Waals surface area contributed by atoms with Gasteiger partial charge in [0, 0.05) is 25.3 Å². The van der Waals surface area contributed by atoms with Crippen molar-refractivity contribution in [1.82, 2.24) is 5.32 Å². The van der Waals surface area contributed by atoms with Gasteiger partial charge in [-0.1, -0.05) is 12.1 Å². The highest BCUT2D eigenvalue weighted by molar-refractivity contribution is 5.45. The second kappa shape index (κ2) is 4.21. The van der Waals surface area contributed by atoms with Gasteiger partial charge >= 0.3 is 0 Å². The molecule has 1 aliphatic rings. The lowest BCUT2D eigenvalue weighted by molar-refractivity contribution is 0.0891. The molecule has 1 N–H and O–H groups in total. The molecule has 0 aromatic heterocycles. The van der Waals surface area contributed by atoms with Crippen LogP contribution in [0.2, 0.25) is 0 Å². The van der Waals surface area contributed by atoms with Crippen LogP contribution in [0.25, 0.3) is 0 Å². The van der Waals surface area contributed by atoms with Crippen molar-refractivity contribution in [2.45, 2.75) is 19.1 Å². The topological polar surface area (TPSA) is 30.5 Å². The maximum atomic E-state index is 5.47. The maximum Gasteiger partial charge on any atom is 0.125 e. The Morgan fingerprint density at radius 3 is 2.80 bits per heavy atom. The van der Waals surface area contributed by atoms with E-state index in [0.717, 1.165) is 12.3 Å². The number of methoxy groups -OCH3 is 2. The van der Waals surface area contributed by atoms with Crippen LogP contribution >= 0.6 is 0 Å². The van der Waals surface area contributed by atoms with Gasteiger partial charge in [-0.05, 0) is 18.6 Å². The van der Waals surface area contributed by atoms with Crippen molar-refractivity contribution in [3.63, 3.8) is 0 Å². The predicted molar refractivity (Wildman–Crippen MR) is 59.2 cm³/mol. The first-order valence-corrected chi connectivity index (χ1v) is 5.21. The summed E-state index contributed by atoms with van der Waals surface area (Å²) in [5.41, 5.74) is 2.46. The fraction of sp³-hybridized carbons (Fsp3) is 0.500. The van der Waals surface area contributed by atoms with E-state index in [9.17, 15) is 0 Å². The molecule has 2 atom stereocenters. The second-order valence-electron chi connectivity index (χ2n) is 3.82. The molecular weight excluding hydrogens is 190 g/mol. The van der Waals surface area contributed by atoms with E-state index < -0.39 is 0 Å². The van der Waals surface area contributed by atoms with E-state index in [2.05, 4.69) is 18.3 Å². The van der Waals surface area contributed by atoms with Crippen LogP contribution in [0.1, 0.15) is 30.2 Å². The number of hydrogen-bond donors (Lipinski definition) is 1. The zero-order chi connectivity index (χ0) is 10.8. The van der Waals surface area contributed by atoms with Gasteiger partial charge < -0.3 is 14.8 Å². The smallest absolute Gasteiger partial charge is 0.125 e. The molecule has 0 aliphatic carbocycles. The quantitative estimate of drug-likeness (QED) is 0.805. The van der Waals surface area contributed by atoms with Crippen molar-refractivity contribution in [2.24, 2.45) is 0 Å². The van der Waals surface area contributed by atoms with Crippen LogP contribution in [0, 0.1) is 0 Å². The molecule has 1 aliphatic heterocycles. The average Bonchev–Trinajstić information content (AvgIpc) is 2.29. The molecular formula is C12H17NO2. The largest absolute Gasteiger partial charge is 0.496 e. The average molecular weight is 207 g/mol. The summed E-state index contributed by atoms with van der Waals surface area (Å²) >= 11 is 0. The van der Waals surface area contributed by atoms with Crippen molar-refractivity contribution >= 4 is 0 Å². The minimum atomic E-state index is 0.0901. The molecule has 0 bridgehead atoms. The van der Waals surface area contributed by atoms with Gasteiger partial charge in [-0.3, -0.25) is 0 Å². The number of fused-ring (bicyclic) bond motifs is 1. The molecule has 82 valence electrons. The lowest BCUT2D eigenvalue weighted by Crippen LogP contribution is -2.32. The van der Waals surface area contributed by atoms with E-state index in [-0.39, 0.29) is 6.10 Å². The van der Waals surface area contributed by atoms with Gasteiger partial charge in [0.15, 0.2) is 0 Å². The molecule has 1 aromatic carbocycles. The third-order valence-electron chi connectivity index (χ3n) is 3.00. The van der Waals surface area contributed by atoms with E-state index in [1.165, 1.54) is 11.1 Å². The van der Waals surface area contributed by atoms with Crippen LogP contribution in [0.4, 0.5) is 0 Å². The fourth-order valence-electron chi connectivity index (χ4n) is 2.16. The Morgan fingerprint density at radius 1 is 1.33 bits per heavy atom. The number of ether oxygens (including phenoxy) is 2. The third kappa shape index (κ3) is 1.73. The summed E-state index contributed by atoms with van der Waals surface area (Å²) in [5, 5.41) is 3.41. The van der Waals surface area contributed by atoms with Gasteiger partial charge in [0.05, 0.1) is 13.2 Å². The summed E-state index contributed by atoms with van der Waals surface area (Å²) in [6.07, 6.45) is 0.0901. The number of nitrogens with one attached hydrogen (secondary N) is 1. The molecule has 2 rings (SSSR count). The van der Waals surface area contributed by atoms with Gasteiger partial charge in [0.1, 0.15) is 5.75 Å². The van der Waals surface area contributed by atoms with Crippen LogP contribution in [0.15, 0.2) is 18.2 Å². The molecule has 0 amide bonds. The Balaban J connectivity index is 2.51. The van der Waals surface area contributed by atoms with Gasteiger partial charge in [-0.15, -0.1) is 0 Å². The SMILES string of the molecule is COc1cccc2c1C(OC)CN[C@@H]2C. The van der Waals surface area contributed by atoms with Crippen LogP contribution in [0.3, 0.4) is 0 Å². The first-order valence-electron chi connectivity index (χ1n) is 5.21. The second-order valence-corrected chi connectivity index (χ2v) is 3.82. The summed E-state index contributed by atoms with van der Waals surface area (Å²) in [7, 11) is 3.44. The fourth-order valence-corrected chi connectivity index (χ4v) is 2.16. The molecule has 1 heterocycles. The van der Waals surface area contributed by atoms with Gasteiger partial charge in [0.25, 0.3) is 0 Å². The van der Waals surface area contributed by atoms with Crippen molar-refractivity contribution < 1.29 is 9.47 Å². The molecule has 15 heavy (non-hydrogen) atoms. The predicted octanol–water partition coefficient (Wildman–Crippen LogP) is 2.05. The van der Waals surface area contributed by atoms with Crippen molar-refractivity contribution in [3.05, 3.63) is 29.3 Å². The summed E-state index contributed by atoms with van der Waals surface area (Å²) in [5.74, 6) is 0.924. The molecule has 0 fully saturated rings. The molecule has 1 unspecified atom stereocenters. The van der Waals surface area contributed by atoms with Crippen molar-refractivity contribution in [2.75, 3.05) is 20.8 Å². The highest BCUT2D eigenvalue weighted by atomic mass is 16.5. The third-order valence-corrected chi connectivity index (χ3v) is 3.00. The van der Waals surface area contributed by atoms with Gasteiger partial charge in [0.2, 0.25) is 0 Å². The Morgan fingerprint density at radius 2 is 2.13 bits per heavy atom. The van der Waals surface area contributed by atoms with Crippen LogP contribution in [-0.4, -0.2) is 20.8 Å². The summed E-state index contributed by atoms with van der Waals surface area (Å²) < 4.78 is 10.9. The van der Waals surface area contributed by atoms with Gasteiger partial charge in [-0.2, -0.15) is 0 Å². The van der Waals surface area contributed by atoms with Gasteiger partial charge in [-0.25, -0.2) is 0 Å². The van der Waals surface area contributed by atoms with Crippen LogP contribution < -0.4 is 10.1 Å². The minimum Gasteiger partial charge on any atom is -0.496 e. The summed E-state index contributed by atoms with van der Waals surface area (Å²) in [6, 6.07) is 6.50. The molecule has 0 radical (unpaired) electrons. The van der Waals surface area contributed by atoms with Crippen molar-refractivity contribution in [1.29, 1.82) is 0 Å². The van der Waals surface area contributed by atoms with Crippen molar-refractivity contribution in [3.8, 4) is 5.75 Å². The Bertz CT molecular complexity index is 351. The lowest BCUT2D eigenvalue weighted by atomic mass is 9.92. The van der Waals surface area contributed by atoms with E-state index >= 15 is 0 Å². The summed E-state index contributed by atoms with van der Waals surface area (Å²) in [4.78, 5) is 0.